The maximum atomic E-state index is 12.3. The van der Waals surface area contributed by atoms with Crippen LogP contribution in [-0.2, 0) is 16.1 Å². The average Bonchev–Trinajstić information content (AvgIpc) is 2.90. The van der Waals surface area contributed by atoms with Crippen molar-refractivity contribution in [1.29, 1.82) is 0 Å². The van der Waals surface area contributed by atoms with E-state index in [0.717, 1.165) is 11.3 Å². The summed E-state index contributed by atoms with van der Waals surface area (Å²) in [4.78, 5) is 22.6. The fourth-order valence-electron chi connectivity index (χ4n) is 2.13. The molecule has 0 bridgehead atoms. The second-order valence-corrected chi connectivity index (χ2v) is 5.29. The van der Waals surface area contributed by atoms with E-state index in [9.17, 15) is 9.59 Å². The number of aryl methyl sites for hydroxylation is 2. The van der Waals surface area contributed by atoms with Gasteiger partial charge in [0.05, 0.1) is 23.4 Å². The Hall–Kier alpha value is -2.87. The smallest absolute Gasteiger partial charge is 0.329 e. The number of nitrogens with zero attached hydrogens (tertiary/aromatic N) is 1. The molecule has 2 N–H and O–H groups in total. The molecule has 0 saturated carbocycles. The van der Waals surface area contributed by atoms with Crippen molar-refractivity contribution in [1.82, 2.24) is 10.5 Å². The highest BCUT2D eigenvalue weighted by Crippen LogP contribution is 2.21. The van der Waals surface area contributed by atoms with Gasteiger partial charge in [-0.15, -0.1) is 0 Å². The predicted octanol–water partition coefficient (Wildman–Crippen LogP) is 1.70. The van der Waals surface area contributed by atoms with Crippen molar-refractivity contribution in [3.05, 3.63) is 46.8 Å². The van der Waals surface area contributed by atoms with E-state index >= 15 is 0 Å². The number of rotatable bonds is 9. The summed E-state index contributed by atoms with van der Waals surface area (Å²) in [6, 6.07) is 6.86. The highest BCUT2D eigenvalue weighted by atomic mass is 16.5. The Balaban J connectivity index is 1.93. The van der Waals surface area contributed by atoms with Gasteiger partial charge in [0.1, 0.15) is 24.7 Å². The molecule has 0 spiro atoms. The van der Waals surface area contributed by atoms with Crippen molar-refractivity contribution in [3.8, 4) is 5.75 Å². The summed E-state index contributed by atoms with van der Waals surface area (Å²) in [5.41, 5.74) is 1.97. The molecule has 0 atom stereocenters. The Labute approximate surface area is 144 Å². The molecule has 1 aromatic carbocycles. The van der Waals surface area contributed by atoms with E-state index in [0.29, 0.717) is 17.1 Å². The van der Waals surface area contributed by atoms with Gasteiger partial charge < -0.3 is 24.4 Å². The summed E-state index contributed by atoms with van der Waals surface area (Å²) in [7, 11) is 0. The first-order valence-electron chi connectivity index (χ1n) is 7.70. The van der Waals surface area contributed by atoms with Crippen molar-refractivity contribution >= 4 is 11.9 Å². The number of carbonyl (C=O) groups excluding carboxylic acids is 1. The largest absolute Gasteiger partial charge is 0.488 e. The summed E-state index contributed by atoms with van der Waals surface area (Å²) in [5, 5.41) is 15.0. The van der Waals surface area contributed by atoms with E-state index in [1.807, 2.05) is 6.92 Å². The number of benzene rings is 1. The van der Waals surface area contributed by atoms with Crippen molar-refractivity contribution in [3.63, 3.8) is 0 Å². The highest BCUT2D eigenvalue weighted by Gasteiger charge is 2.14. The molecule has 0 fully saturated rings. The summed E-state index contributed by atoms with van der Waals surface area (Å²) in [6.45, 7) is 3.78. The average molecular weight is 348 g/mol. The predicted molar refractivity (Wildman–Crippen MR) is 87.5 cm³/mol. The summed E-state index contributed by atoms with van der Waals surface area (Å²) in [6.07, 6.45) is 0. The summed E-state index contributed by atoms with van der Waals surface area (Å²) < 4.78 is 15.7. The first-order chi connectivity index (χ1) is 12.0. The summed E-state index contributed by atoms with van der Waals surface area (Å²) in [5.74, 6) is -0.265. The van der Waals surface area contributed by atoms with E-state index in [-0.39, 0.29) is 25.7 Å². The molecule has 0 aliphatic carbocycles. The van der Waals surface area contributed by atoms with Gasteiger partial charge >= 0.3 is 5.97 Å². The standard InChI is InChI=1S/C17H20N2O6/c1-11-14(12(2)25-19-11)9-24-15-6-4-3-5-13(15)17(22)18-7-8-23-10-16(20)21/h3-6H,7-10H2,1-2H3,(H,18,22)(H,20,21). The first-order valence-corrected chi connectivity index (χ1v) is 7.70. The number of amides is 1. The van der Waals surface area contributed by atoms with Gasteiger partial charge in [-0.3, -0.25) is 4.79 Å². The third kappa shape index (κ3) is 5.32. The molecule has 134 valence electrons. The lowest BCUT2D eigenvalue weighted by molar-refractivity contribution is -0.142. The normalized spacial score (nSPS) is 10.5. The van der Waals surface area contributed by atoms with Gasteiger partial charge in [0.15, 0.2) is 0 Å². The monoisotopic (exact) mass is 348 g/mol. The highest BCUT2D eigenvalue weighted by molar-refractivity contribution is 5.96. The number of nitrogens with one attached hydrogen (secondary N) is 1. The second-order valence-electron chi connectivity index (χ2n) is 5.29. The van der Waals surface area contributed by atoms with Crippen LogP contribution in [0.4, 0.5) is 0 Å². The number of carbonyl (C=O) groups is 2. The van der Waals surface area contributed by atoms with Crippen LogP contribution < -0.4 is 10.1 Å². The number of para-hydroxylation sites is 1. The first kappa shape index (κ1) is 18.5. The molecule has 8 nitrogen and oxygen atoms in total. The number of carboxylic acids is 1. The van der Waals surface area contributed by atoms with Crippen molar-refractivity contribution in [2.75, 3.05) is 19.8 Å². The molecule has 0 radical (unpaired) electrons. The molecule has 25 heavy (non-hydrogen) atoms. The fraction of sp³-hybridized carbons (Fsp3) is 0.353. The molecule has 1 heterocycles. The molecule has 1 aromatic heterocycles. The van der Waals surface area contributed by atoms with Gasteiger partial charge in [-0.05, 0) is 26.0 Å². The minimum Gasteiger partial charge on any atom is -0.488 e. The van der Waals surface area contributed by atoms with Crippen LogP contribution in [0.15, 0.2) is 28.8 Å². The lowest BCUT2D eigenvalue weighted by Crippen LogP contribution is -2.28. The Morgan fingerprint density at radius 2 is 2.04 bits per heavy atom. The Morgan fingerprint density at radius 1 is 1.28 bits per heavy atom. The molecule has 0 aliphatic heterocycles. The number of aromatic nitrogens is 1. The van der Waals surface area contributed by atoms with Crippen molar-refractivity contribution < 1.29 is 28.7 Å². The summed E-state index contributed by atoms with van der Waals surface area (Å²) >= 11 is 0. The Morgan fingerprint density at radius 3 is 2.72 bits per heavy atom. The SMILES string of the molecule is Cc1noc(C)c1COc1ccccc1C(=O)NCCOCC(=O)O. The zero-order chi connectivity index (χ0) is 18.2. The zero-order valence-electron chi connectivity index (χ0n) is 14.1. The number of carboxylic acid groups (broad SMARTS) is 1. The van der Waals surface area contributed by atoms with Crippen LogP contribution in [0.1, 0.15) is 27.4 Å². The second kappa shape index (κ2) is 8.84. The number of ether oxygens (including phenoxy) is 2. The van der Waals surface area contributed by atoms with E-state index in [1.165, 1.54) is 0 Å². The third-order valence-corrected chi connectivity index (χ3v) is 3.44. The maximum Gasteiger partial charge on any atom is 0.329 e. The van der Waals surface area contributed by atoms with Crippen LogP contribution in [0.25, 0.3) is 0 Å². The van der Waals surface area contributed by atoms with E-state index in [1.54, 1.807) is 31.2 Å². The maximum absolute atomic E-state index is 12.3. The minimum atomic E-state index is -1.05. The van der Waals surface area contributed by atoms with Crippen LogP contribution in [0, 0.1) is 13.8 Å². The van der Waals surface area contributed by atoms with Crippen molar-refractivity contribution in [2.45, 2.75) is 20.5 Å². The van der Waals surface area contributed by atoms with Crippen LogP contribution in [0.3, 0.4) is 0 Å². The molecule has 0 unspecified atom stereocenters. The van der Waals surface area contributed by atoms with Crippen molar-refractivity contribution in [2.24, 2.45) is 0 Å². The number of hydrogen-bond acceptors (Lipinski definition) is 6. The molecule has 8 heteroatoms. The van der Waals surface area contributed by atoms with Crippen LogP contribution in [-0.4, -0.2) is 41.9 Å². The van der Waals surface area contributed by atoms with Crippen LogP contribution in [0.5, 0.6) is 5.75 Å². The fourth-order valence-corrected chi connectivity index (χ4v) is 2.13. The van der Waals surface area contributed by atoms with E-state index in [2.05, 4.69) is 10.5 Å². The zero-order valence-corrected chi connectivity index (χ0v) is 14.1. The van der Waals surface area contributed by atoms with Gasteiger partial charge in [-0.25, -0.2) is 4.79 Å². The van der Waals surface area contributed by atoms with Crippen LogP contribution in [0.2, 0.25) is 0 Å². The quantitative estimate of drug-likeness (QED) is 0.664. The molecule has 2 aromatic rings. The molecule has 1 amide bonds. The lowest BCUT2D eigenvalue weighted by atomic mass is 10.2. The van der Waals surface area contributed by atoms with E-state index in [4.69, 9.17) is 19.1 Å². The van der Waals surface area contributed by atoms with E-state index < -0.39 is 12.6 Å². The van der Waals surface area contributed by atoms with Gasteiger partial charge in [-0.1, -0.05) is 17.3 Å². The molecule has 2 rings (SSSR count). The molecule has 0 aliphatic rings. The topological polar surface area (TPSA) is 111 Å². The van der Waals surface area contributed by atoms with Gasteiger partial charge in [0.25, 0.3) is 5.91 Å². The number of aliphatic carboxylic acids is 1. The van der Waals surface area contributed by atoms with Crippen LogP contribution >= 0.6 is 0 Å². The Bertz CT molecular complexity index is 721. The minimum absolute atomic E-state index is 0.111. The van der Waals surface area contributed by atoms with Gasteiger partial charge in [-0.2, -0.15) is 0 Å². The Kier molecular flexibility index (Phi) is 6.53. The van der Waals surface area contributed by atoms with Gasteiger partial charge in [0, 0.05) is 6.54 Å². The molecule has 0 saturated heterocycles. The number of hydrogen-bond donors (Lipinski definition) is 2. The molecular formula is C17H20N2O6. The van der Waals surface area contributed by atoms with Gasteiger partial charge in [0.2, 0.25) is 0 Å². The molecular weight excluding hydrogens is 328 g/mol. The lowest BCUT2D eigenvalue weighted by Gasteiger charge is -2.11. The third-order valence-electron chi connectivity index (χ3n) is 3.44.